The van der Waals surface area contributed by atoms with Crippen LogP contribution in [0.25, 0.3) is 5.69 Å². The third kappa shape index (κ3) is 3.60. The highest BCUT2D eigenvalue weighted by atomic mass is 16.2. The number of hydrogen-bond donors (Lipinski definition) is 0. The van der Waals surface area contributed by atoms with Crippen LogP contribution < -0.4 is 4.90 Å². The molecule has 2 aliphatic rings. The Bertz CT molecular complexity index is 1200. The van der Waals surface area contributed by atoms with Crippen LogP contribution in [-0.2, 0) is 28.0 Å². The molecular formula is C28H31N3O2. The molecule has 1 aromatic heterocycles. The lowest BCUT2D eigenvalue weighted by Crippen LogP contribution is -2.50. The molecule has 170 valence electrons. The molecular weight excluding hydrogens is 410 g/mol. The molecule has 1 fully saturated rings. The lowest BCUT2D eigenvalue weighted by atomic mass is 9.73. The van der Waals surface area contributed by atoms with Crippen LogP contribution in [0.2, 0.25) is 0 Å². The van der Waals surface area contributed by atoms with Crippen molar-refractivity contribution in [3.63, 3.8) is 0 Å². The SMILES string of the molecule is Cc1ccc(CN2CC3(Cc4c(C(C)(C)C)nn(-c5ccccc5)c42)C(=O)CCC3=O)cc1. The molecule has 0 unspecified atom stereocenters. The molecule has 2 heterocycles. The average Bonchev–Trinajstić information content (AvgIpc) is 3.30. The van der Waals surface area contributed by atoms with E-state index in [0.717, 1.165) is 28.3 Å². The number of hydrogen-bond acceptors (Lipinski definition) is 4. The minimum atomic E-state index is -0.956. The van der Waals surface area contributed by atoms with Gasteiger partial charge in [-0.05, 0) is 31.0 Å². The largest absolute Gasteiger partial charge is 0.350 e. The molecule has 33 heavy (non-hydrogen) atoms. The Morgan fingerprint density at radius 1 is 0.939 bits per heavy atom. The highest BCUT2D eigenvalue weighted by molar-refractivity contribution is 6.14. The number of para-hydroxylation sites is 1. The summed E-state index contributed by atoms with van der Waals surface area (Å²) in [7, 11) is 0. The van der Waals surface area contributed by atoms with Crippen LogP contribution >= 0.6 is 0 Å². The van der Waals surface area contributed by atoms with E-state index < -0.39 is 5.41 Å². The van der Waals surface area contributed by atoms with Crippen LogP contribution in [-0.4, -0.2) is 27.9 Å². The zero-order chi connectivity index (χ0) is 23.4. The zero-order valence-corrected chi connectivity index (χ0v) is 19.9. The summed E-state index contributed by atoms with van der Waals surface area (Å²) in [6, 6.07) is 18.6. The Hall–Kier alpha value is -3.21. The molecule has 0 bridgehead atoms. The van der Waals surface area contributed by atoms with Crippen LogP contribution in [0, 0.1) is 12.3 Å². The van der Waals surface area contributed by atoms with Gasteiger partial charge in [-0.3, -0.25) is 9.59 Å². The second-order valence-electron chi connectivity index (χ2n) is 10.6. The lowest BCUT2D eigenvalue weighted by Gasteiger charge is -2.40. The van der Waals surface area contributed by atoms with Gasteiger partial charge < -0.3 is 4.90 Å². The van der Waals surface area contributed by atoms with Crippen molar-refractivity contribution in [2.75, 3.05) is 11.4 Å². The molecule has 0 atom stereocenters. The van der Waals surface area contributed by atoms with Crippen LogP contribution in [0.15, 0.2) is 54.6 Å². The summed E-state index contributed by atoms with van der Waals surface area (Å²) in [4.78, 5) is 28.6. The van der Waals surface area contributed by atoms with Gasteiger partial charge in [0.25, 0.3) is 0 Å². The van der Waals surface area contributed by atoms with Crippen molar-refractivity contribution in [2.24, 2.45) is 5.41 Å². The predicted octanol–water partition coefficient (Wildman–Crippen LogP) is 4.96. The third-order valence-electron chi connectivity index (χ3n) is 7.05. The van der Waals surface area contributed by atoms with Crippen molar-refractivity contribution < 1.29 is 9.59 Å². The highest BCUT2D eigenvalue weighted by Gasteiger charge is 2.54. The zero-order valence-electron chi connectivity index (χ0n) is 19.9. The normalized spacial score (nSPS) is 17.6. The molecule has 1 saturated carbocycles. The van der Waals surface area contributed by atoms with E-state index in [1.165, 1.54) is 5.56 Å². The number of fused-ring (bicyclic) bond motifs is 1. The Kier molecular flexibility index (Phi) is 5.04. The van der Waals surface area contributed by atoms with E-state index in [0.29, 0.717) is 32.4 Å². The van der Waals surface area contributed by atoms with Crippen molar-refractivity contribution in [1.29, 1.82) is 0 Å². The van der Waals surface area contributed by atoms with Gasteiger partial charge in [0.2, 0.25) is 0 Å². The van der Waals surface area contributed by atoms with E-state index >= 15 is 0 Å². The fourth-order valence-electron chi connectivity index (χ4n) is 5.32. The number of benzene rings is 2. The van der Waals surface area contributed by atoms with Crippen molar-refractivity contribution in [1.82, 2.24) is 9.78 Å². The number of aromatic nitrogens is 2. The Labute approximate surface area is 195 Å². The van der Waals surface area contributed by atoms with E-state index in [-0.39, 0.29) is 17.0 Å². The fraction of sp³-hybridized carbons (Fsp3) is 0.393. The quantitative estimate of drug-likeness (QED) is 0.539. The van der Waals surface area contributed by atoms with Gasteiger partial charge in [-0.25, -0.2) is 4.68 Å². The number of nitrogens with zero attached hydrogens (tertiary/aromatic N) is 3. The standard InChI is InChI=1S/C28H31N3O2/c1-19-10-12-20(13-11-19)17-30-18-28(23(32)14-15-24(28)33)16-22-25(27(2,3)4)29-31(26(22)30)21-8-6-5-7-9-21/h5-13H,14-18H2,1-4H3. The second kappa shape index (κ2) is 7.68. The maximum Gasteiger partial charge on any atom is 0.148 e. The molecule has 1 aliphatic heterocycles. The Balaban J connectivity index is 1.72. The fourth-order valence-corrected chi connectivity index (χ4v) is 5.32. The predicted molar refractivity (Wildman–Crippen MR) is 130 cm³/mol. The molecule has 5 heteroatoms. The first-order valence-corrected chi connectivity index (χ1v) is 11.7. The topological polar surface area (TPSA) is 55.2 Å². The van der Waals surface area contributed by atoms with Gasteiger partial charge in [-0.15, -0.1) is 0 Å². The molecule has 2 aromatic carbocycles. The average molecular weight is 442 g/mol. The lowest BCUT2D eigenvalue weighted by molar-refractivity contribution is -0.134. The molecule has 0 amide bonds. The summed E-state index contributed by atoms with van der Waals surface area (Å²) in [5, 5.41) is 5.10. The van der Waals surface area contributed by atoms with E-state index in [1.54, 1.807) is 0 Å². The van der Waals surface area contributed by atoms with Crippen LogP contribution in [0.4, 0.5) is 5.82 Å². The number of ketones is 2. The van der Waals surface area contributed by atoms with Crippen LogP contribution in [0.3, 0.4) is 0 Å². The first-order valence-electron chi connectivity index (χ1n) is 11.7. The Morgan fingerprint density at radius 2 is 1.58 bits per heavy atom. The number of anilines is 1. The van der Waals surface area contributed by atoms with Gasteiger partial charge in [-0.2, -0.15) is 5.10 Å². The minimum Gasteiger partial charge on any atom is -0.350 e. The second-order valence-corrected chi connectivity index (χ2v) is 10.6. The van der Waals surface area contributed by atoms with E-state index in [9.17, 15) is 9.59 Å². The van der Waals surface area contributed by atoms with Crippen LogP contribution in [0.1, 0.15) is 56.0 Å². The van der Waals surface area contributed by atoms with Gasteiger partial charge in [0, 0.05) is 36.9 Å². The summed E-state index contributed by atoms with van der Waals surface area (Å²) in [5.41, 5.74) is 4.17. The summed E-state index contributed by atoms with van der Waals surface area (Å²) in [5.74, 6) is 1.17. The number of rotatable bonds is 3. The van der Waals surface area contributed by atoms with Crippen molar-refractivity contribution in [2.45, 2.75) is 58.9 Å². The summed E-state index contributed by atoms with van der Waals surface area (Å²) in [6.07, 6.45) is 1.15. The van der Waals surface area contributed by atoms with E-state index in [2.05, 4.69) is 69.0 Å². The van der Waals surface area contributed by atoms with Crippen molar-refractivity contribution in [3.8, 4) is 5.69 Å². The van der Waals surface area contributed by atoms with Crippen molar-refractivity contribution >= 4 is 17.4 Å². The monoisotopic (exact) mass is 441 g/mol. The van der Waals surface area contributed by atoms with Crippen molar-refractivity contribution in [3.05, 3.63) is 77.0 Å². The first-order chi connectivity index (χ1) is 15.7. The number of aryl methyl sites for hydroxylation is 1. The molecule has 0 radical (unpaired) electrons. The smallest absolute Gasteiger partial charge is 0.148 e. The highest BCUT2D eigenvalue weighted by Crippen LogP contribution is 2.47. The van der Waals surface area contributed by atoms with Gasteiger partial charge in [0.15, 0.2) is 0 Å². The Morgan fingerprint density at radius 3 is 2.18 bits per heavy atom. The van der Waals surface area contributed by atoms with Gasteiger partial charge in [0.05, 0.1) is 11.4 Å². The van der Waals surface area contributed by atoms with Gasteiger partial charge in [-0.1, -0.05) is 68.8 Å². The van der Waals surface area contributed by atoms with E-state index in [1.807, 2.05) is 22.9 Å². The third-order valence-corrected chi connectivity index (χ3v) is 7.05. The van der Waals surface area contributed by atoms with Crippen LogP contribution in [0.5, 0.6) is 0 Å². The maximum absolute atomic E-state index is 13.2. The number of Topliss-reactive ketones (excluding diaryl/α,β-unsaturated/α-hetero) is 2. The summed E-state index contributed by atoms with van der Waals surface area (Å²) >= 11 is 0. The molecule has 0 saturated heterocycles. The summed E-state index contributed by atoms with van der Waals surface area (Å²) < 4.78 is 2.01. The molecule has 0 N–H and O–H groups in total. The first kappa shape index (κ1) is 21.6. The summed E-state index contributed by atoms with van der Waals surface area (Å²) in [6.45, 7) is 9.55. The maximum atomic E-state index is 13.2. The minimum absolute atomic E-state index is 0.0828. The molecule has 1 aliphatic carbocycles. The molecule has 3 aromatic rings. The molecule has 5 rings (SSSR count). The molecule has 5 nitrogen and oxygen atoms in total. The number of carbonyl (C=O) groups excluding carboxylic acids is 2. The number of carbonyl (C=O) groups is 2. The van der Waals surface area contributed by atoms with Gasteiger partial charge in [0.1, 0.15) is 22.8 Å². The van der Waals surface area contributed by atoms with E-state index in [4.69, 9.17) is 5.10 Å². The molecule has 1 spiro atoms. The van der Waals surface area contributed by atoms with Gasteiger partial charge >= 0.3 is 0 Å².